The lowest BCUT2D eigenvalue weighted by molar-refractivity contribution is -0.127. The largest absolute Gasteiger partial charge is 0.355 e. The molecule has 1 aromatic carbocycles. The molecule has 1 heterocycles. The number of hydrogen-bond acceptors (Lipinski definition) is 4. The van der Waals surface area contributed by atoms with Crippen LogP contribution >= 0.6 is 35.1 Å². The van der Waals surface area contributed by atoms with E-state index in [1.165, 1.54) is 4.90 Å². The van der Waals surface area contributed by atoms with Gasteiger partial charge in [0.2, 0.25) is 5.91 Å². The second kappa shape index (κ2) is 11.7. The number of carbonyl (C=O) groups is 1. The number of aliphatic imine (C=N–C) groups is 1. The van der Waals surface area contributed by atoms with Crippen LogP contribution in [0.2, 0.25) is 5.02 Å². The van der Waals surface area contributed by atoms with Crippen molar-refractivity contribution in [1.29, 1.82) is 0 Å². The molecule has 1 saturated heterocycles. The summed E-state index contributed by atoms with van der Waals surface area (Å²) in [6, 6.07) is 8.06. The third kappa shape index (κ3) is 7.84. The number of nitrogens with zero attached hydrogens (tertiary/aromatic N) is 3. The maximum atomic E-state index is 11.9. The summed E-state index contributed by atoms with van der Waals surface area (Å²) in [6.07, 6.45) is 4.28. The minimum atomic E-state index is 0.0207. The first kappa shape index (κ1) is 22.2. The normalized spacial score (nSPS) is 15.7. The molecule has 1 aliphatic heterocycles. The van der Waals surface area contributed by atoms with Gasteiger partial charge < -0.3 is 15.1 Å². The average molecular weight is 429 g/mol. The number of halogens is 1. The third-order valence-corrected chi connectivity index (χ3v) is 6.52. The van der Waals surface area contributed by atoms with Gasteiger partial charge in [0.25, 0.3) is 0 Å². The summed E-state index contributed by atoms with van der Waals surface area (Å²) in [4.78, 5) is 21.6. The van der Waals surface area contributed by atoms with Crippen molar-refractivity contribution in [2.75, 3.05) is 52.3 Å². The lowest BCUT2D eigenvalue weighted by atomic mass is 10.1. The molecule has 0 aromatic heterocycles. The predicted octanol–water partition coefficient (Wildman–Crippen LogP) is 3.29. The maximum absolute atomic E-state index is 11.9. The topological polar surface area (TPSA) is 47.9 Å². The molecule has 0 spiro atoms. The number of hydrogen-bond donors (Lipinski definition) is 1. The zero-order valence-electron chi connectivity index (χ0n) is 16.3. The molecular weight excluding hydrogens is 400 g/mol. The molecule has 1 N–H and O–H groups in total. The highest BCUT2D eigenvalue weighted by molar-refractivity contribution is 8.00. The summed E-state index contributed by atoms with van der Waals surface area (Å²) >= 11 is 9.69. The molecule has 1 amide bonds. The Labute approximate surface area is 176 Å². The van der Waals surface area contributed by atoms with Gasteiger partial charge >= 0.3 is 0 Å². The molecule has 0 saturated carbocycles. The second-order valence-electron chi connectivity index (χ2n) is 6.61. The van der Waals surface area contributed by atoms with E-state index in [4.69, 9.17) is 11.6 Å². The highest BCUT2D eigenvalue weighted by Crippen LogP contribution is 2.31. The summed E-state index contributed by atoms with van der Waals surface area (Å²) in [5, 5.41) is 4.79. The van der Waals surface area contributed by atoms with Gasteiger partial charge in [0.05, 0.1) is 0 Å². The first-order valence-corrected chi connectivity index (χ1v) is 11.8. The van der Waals surface area contributed by atoms with Crippen LogP contribution in [0.25, 0.3) is 0 Å². The van der Waals surface area contributed by atoms with E-state index in [1.54, 1.807) is 30.8 Å². The maximum Gasteiger partial charge on any atom is 0.243 e. The Morgan fingerprint density at radius 1 is 1.30 bits per heavy atom. The molecule has 1 aromatic rings. The number of likely N-dealkylation sites (N-methyl/N-ethyl adjacent to an activating group) is 1. The van der Waals surface area contributed by atoms with Gasteiger partial charge in [-0.05, 0) is 43.4 Å². The van der Waals surface area contributed by atoms with Crippen LogP contribution in [-0.2, 0) is 4.79 Å². The van der Waals surface area contributed by atoms with Crippen molar-refractivity contribution >= 4 is 47.0 Å². The Morgan fingerprint density at radius 2 is 1.96 bits per heavy atom. The Balaban J connectivity index is 1.90. The number of amides is 1. The fourth-order valence-electron chi connectivity index (χ4n) is 2.71. The summed E-state index contributed by atoms with van der Waals surface area (Å²) in [7, 11) is 3.52. The second-order valence-corrected chi connectivity index (χ2v) is 9.40. The molecule has 27 heavy (non-hydrogen) atoms. The van der Waals surface area contributed by atoms with Crippen molar-refractivity contribution in [3.05, 3.63) is 29.3 Å². The van der Waals surface area contributed by atoms with Crippen molar-refractivity contribution < 1.29 is 4.79 Å². The predicted molar refractivity (Wildman–Crippen MR) is 119 cm³/mol. The number of likely N-dealkylation sites (tertiary alicyclic amines) is 1. The minimum absolute atomic E-state index is 0.0207. The fourth-order valence-corrected chi connectivity index (χ4v) is 4.26. The molecule has 150 valence electrons. The van der Waals surface area contributed by atoms with Crippen molar-refractivity contribution in [1.82, 2.24) is 15.1 Å². The van der Waals surface area contributed by atoms with Crippen LogP contribution in [0.15, 0.2) is 34.2 Å². The van der Waals surface area contributed by atoms with E-state index < -0.39 is 0 Å². The van der Waals surface area contributed by atoms with E-state index in [-0.39, 0.29) is 12.5 Å². The average Bonchev–Trinajstić information content (AvgIpc) is 2.67. The Kier molecular flexibility index (Phi) is 9.65. The molecule has 5 nitrogen and oxygen atoms in total. The number of carbonyl (C=O) groups excluding carboxylic acids is 1. The number of nitrogens with one attached hydrogen (secondary N) is 1. The molecule has 0 atom stereocenters. The number of benzene rings is 1. The lowest BCUT2D eigenvalue weighted by Crippen LogP contribution is -2.47. The molecular formula is C19H29ClN4OS2. The Bertz CT molecular complexity index is 617. The van der Waals surface area contributed by atoms with Gasteiger partial charge in [-0.1, -0.05) is 11.6 Å². The Morgan fingerprint density at radius 3 is 2.56 bits per heavy atom. The van der Waals surface area contributed by atoms with Crippen molar-refractivity contribution in [3.8, 4) is 0 Å². The Hall–Kier alpha value is -1.05. The summed E-state index contributed by atoms with van der Waals surface area (Å²) in [5.41, 5.74) is 0. The highest BCUT2D eigenvalue weighted by Gasteiger charge is 2.22. The van der Waals surface area contributed by atoms with Gasteiger partial charge in [0.15, 0.2) is 5.96 Å². The first-order chi connectivity index (χ1) is 13.0. The van der Waals surface area contributed by atoms with Gasteiger partial charge in [-0.25, -0.2) is 4.99 Å². The van der Waals surface area contributed by atoms with Crippen molar-refractivity contribution in [2.24, 2.45) is 4.99 Å². The summed E-state index contributed by atoms with van der Waals surface area (Å²) < 4.78 is 0. The van der Waals surface area contributed by atoms with Crippen molar-refractivity contribution in [3.63, 3.8) is 0 Å². The molecule has 0 unspecified atom stereocenters. The van der Waals surface area contributed by atoms with Crippen LogP contribution in [0.3, 0.4) is 0 Å². The van der Waals surface area contributed by atoms with E-state index in [2.05, 4.69) is 33.6 Å². The lowest BCUT2D eigenvalue weighted by Gasteiger charge is -2.34. The van der Waals surface area contributed by atoms with Gasteiger partial charge in [-0.2, -0.15) is 11.8 Å². The molecule has 1 fully saturated rings. The molecule has 0 radical (unpaired) electrons. The van der Waals surface area contributed by atoms with Crippen LogP contribution < -0.4 is 5.32 Å². The van der Waals surface area contributed by atoms with Crippen LogP contribution in [0, 0.1) is 0 Å². The zero-order chi connectivity index (χ0) is 19.6. The molecule has 0 bridgehead atoms. The van der Waals surface area contributed by atoms with E-state index in [1.807, 2.05) is 23.9 Å². The standard InChI is InChI=1S/C19H29ClN4OS2/c1-23(2)18(25)14-22-19(21-10-13-26-3)24-11-8-17(9-12-24)27-16-6-4-15(20)5-7-16/h4-7,17H,8-14H2,1-3H3,(H,21,22). The molecule has 1 aliphatic rings. The fraction of sp³-hybridized carbons (Fsp3) is 0.579. The molecule has 0 aliphatic carbocycles. The highest BCUT2D eigenvalue weighted by atomic mass is 35.5. The van der Waals surface area contributed by atoms with Gasteiger partial charge in [0, 0.05) is 54.7 Å². The van der Waals surface area contributed by atoms with Crippen LogP contribution in [0.4, 0.5) is 0 Å². The third-order valence-electron chi connectivity index (χ3n) is 4.31. The van der Waals surface area contributed by atoms with Crippen LogP contribution in [0.1, 0.15) is 12.8 Å². The number of guanidine groups is 1. The van der Waals surface area contributed by atoms with Gasteiger partial charge in [-0.3, -0.25) is 4.79 Å². The van der Waals surface area contributed by atoms with E-state index in [0.29, 0.717) is 5.25 Å². The van der Waals surface area contributed by atoms with Crippen LogP contribution in [0.5, 0.6) is 0 Å². The molecule has 8 heteroatoms. The summed E-state index contributed by atoms with van der Waals surface area (Å²) in [6.45, 7) is 2.95. The number of piperidine rings is 1. The van der Waals surface area contributed by atoms with E-state index in [0.717, 1.165) is 49.2 Å². The quantitative estimate of drug-likeness (QED) is 0.410. The molecule has 2 rings (SSSR count). The van der Waals surface area contributed by atoms with Crippen LogP contribution in [-0.4, -0.2) is 79.2 Å². The number of rotatable bonds is 7. The minimum Gasteiger partial charge on any atom is -0.355 e. The smallest absolute Gasteiger partial charge is 0.243 e. The van der Waals surface area contributed by atoms with Gasteiger partial charge in [-0.15, -0.1) is 11.8 Å². The SMILES string of the molecule is CSCCNC(=NCC(=O)N(C)C)N1CCC(Sc2ccc(Cl)cc2)CC1. The zero-order valence-corrected chi connectivity index (χ0v) is 18.7. The first-order valence-electron chi connectivity index (χ1n) is 9.14. The van der Waals surface area contributed by atoms with Gasteiger partial charge in [0.1, 0.15) is 6.54 Å². The number of thioether (sulfide) groups is 2. The van der Waals surface area contributed by atoms with Crippen molar-refractivity contribution in [2.45, 2.75) is 23.0 Å². The van der Waals surface area contributed by atoms with E-state index in [9.17, 15) is 4.79 Å². The monoisotopic (exact) mass is 428 g/mol. The summed E-state index contributed by atoms with van der Waals surface area (Å²) in [5.74, 6) is 1.89. The van der Waals surface area contributed by atoms with E-state index >= 15 is 0 Å².